The molecule has 0 saturated carbocycles. The van der Waals surface area contributed by atoms with Crippen LogP contribution in [-0.4, -0.2) is 23.1 Å². The molecule has 3 N–H and O–H groups in total. The van der Waals surface area contributed by atoms with Crippen LogP contribution in [0.15, 0.2) is 12.1 Å². The van der Waals surface area contributed by atoms with E-state index in [9.17, 15) is 9.59 Å². The molecule has 2 amide bonds. The van der Waals surface area contributed by atoms with Gasteiger partial charge in [0.15, 0.2) is 0 Å². The third-order valence-corrected chi connectivity index (χ3v) is 3.69. The van der Waals surface area contributed by atoms with Crippen LogP contribution in [0.1, 0.15) is 38.1 Å². The van der Waals surface area contributed by atoms with Gasteiger partial charge in [-0.25, -0.2) is 9.59 Å². The van der Waals surface area contributed by atoms with E-state index in [4.69, 9.17) is 28.3 Å². The van der Waals surface area contributed by atoms with Gasteiger partial charge in [0.05, 0.1) is 16.3 Å². The Hall–Kier alpha value is -1.46. The van der Waals surface area contributed by atoms with Crippen molar-refractivity contribution < 1.29 is 14.7 Å². The number of carboxylic acids is 1. The van der Waals surface area contributed by atoms with Crippen molar-refractivity contribution in [2.24, 2.45) is 5.41 Å². The van der Waals surface area contributed by atoms with Crippen LogP contribution < -0.4 is 10.6 Å². The minimum Gasteiger partial charge on any atom is -0.478 e. The average Bonchev–Trinajstić information content (AvgIpc) is 2.30. The minimum atomic E-state index is -1.22. The van der Waals surface area contributed by atoms with Gasteiger partial charge in [-0.15, -0.1) is 0 Å². The number of benzene rings is 1. The molecule has 1 aromatic rings. The van der Waals surface area contributed by atoms with E-state index in [-0.39, 0.29) is 32.8 Å². The lowest BCUT2D eigenvalue weighted by molar-refractivity contribution is 0.0698. The van der Waals surface area contributed by atoms with E-state index in [0.29, 0.717) is 0 Å². The van der Waals surface area contributed by atoms with Gasteiger partial charge in [-0.1, -0.05) is 44.0 Å². The molecule has 1 unspecified atom stereocenters. The molecule has 0 aliphatic rings. The SMILES string of the molecule is CC(NC(=O)Nc1c(Cl)cc(Cl)cc1C(=O)O)C(C)(C)C. The molecule has 7 heteroatoms. The second-order valence-corrected chi connectivity index (χ2v) is 6.65. The molecule has 1 atom stereocenters. The number of aromatic carboxylic acids is 1. The number of hydrogen-bond acceptors (Lipinski definition) is 2. The van der Waals surface area contributed by atoms with Crippen LogP contribution in [0.2, 0.25) is 10.0 Å². The molecular formula is C14H18Cl2N2O3. The maximum Gasteiger partial charge on any atom is 0.337 e. The second-order valence-electron chi connectivity index (χ2n) is 5.80. The minimum absolute atomic E-state index is 0.0205. The molecule has 1 rings (SSSR count). The number of hydrogen-bond donors (Lipinski definition) is 3. The molecule has 0 aliphatic heterocycles. The van der Waals surface area contributed by atoms with Crippen LogP contribution in [0, 0.1) is 5.41 Å². The van der Waals surface area contributed by atoms with E-state index in [0.717, 1.165) is 0 Å². The van der Waals surface area contributed by atoms with Gasteiger partial charge in [-0.3, -0.25) is 0 Å². The van der Waals surface area contributed by atoms with Gasteiger partial charge in [0.2, 0.25) is 0 Å². The van der Waals surface area contributed by atoms with E-state index >= 15 is 0 Å². The zero-order valence-electron chi connectivity index (χ0n) is 12.3. The van der Waals surface area contributed by atoms with Crippen LogP contribution >= 0.6 is 23.2 Å². The molecule has 0 spiro atoms. The van der Waals surface area contributed by atoms with Gasteiger partial charge in [0.1, 0.15) is 0 Å². The van der Waals surface area contributed by atoms with Gasteiger partial charge in [-0.2, -0.15) is 0 Å². The molecule has 5 nitrogen and oxygen atoms in total. The Morgan fingerprint density at radius 2 is 1.81 bits per heavy atom. The van der Waals surface area contributed by atoms with E-state index in [1.54, 1.807) is 0 Å². The molecule has 116 valence electrons. The van der Waals surface area contributed by atoms with E-state index in [1.165, 1.54) is 12.1 Å². The fraction of sp³-hybridized carbons (Fsp3) is 0.429. The lowest BCUT2D eigenvalue weighted by Gasteiger charge is -2.28. The number of carboxylic acid groups (broad SMARTS) is 1. The molecule has 0 fully saturated rings. The maximum absolute atomic E-state index is 12.0. The summed E-state index contributed by atoms with van der Waals surface area (Å²) in [5.41, 5.74) is -0.269. The molecule has 0 aliphatic carbocycles. The highest BCUT2D eigenvalue weighted by molar-refractivity contribution is 6.37. The number of anilines is 1. The summed E-state index contributed by atoms with van der Waals surface area (Å²) in [4.78, 5) is 23.2. The summed E-state index contributed by atoms with van der Waals surface area (Å²) in [5.74, 6) is -1.22. The first-order valence-electron chi connectivity index (χ1n) is 6.32. The third kappa shape index (κ3) is 4.79. The maximum atomic E-state index is 12.0. The molecule has 0 saturated heterocycles. The first-order chi connectivity index (χ1) is 9.52. The number of carbonyl (C=O) groups is 2. The highest BCUT2D eigenvalue weighted by Crippen LogP contribution is 2.30. The molecule has 0 aromatic heterocycles. The second kappa shape index (κ2) is 6.54. The number of halogens is 2. The first-order valence-corrected chi connectivity index (χ1v) is 7.08. The molecule has 0 heterocycles. The largest absolute Gasteiger partial charge is 0.478 e. The van der Waals surface area contributed by atoms with Crippen LogP contribution in [-0.2, 0) is 0 Å². The third-order valence-electron chi connectivity index (χ3n) is 3.17. The number of nitrogens with one attached hydrogen (secondary N) is 2. The van der Waals surface area contributed by atoms with Crippen molar-refractivity contribution in [1.29, 1.82) is 0 Å². The summed E-state index contributed by atoms with van der Waals surface area (Å²) < 4.78 is 0. The Morgan fingerprint density at radius 1 is 1.24 bits per heavy atom. The van der Waals surface area contributed by atoms with Gasteiger partial charge in [0.25, 0.3) is 0 Å². The van der Waals surface area contributed by atoms with Crippen molar-refractivity contribution in [1.82, 2.24) is 5.32 Å². The molecule has 21 heavy (non-hydrogen) atoms. The summed E-state index contributed by atoms with van der Waals surface area (Å²) in [6.07, 6.45) is 0. The lowest BCUT2D eigenvalue weighted by Crippen LogP contribution is -2.43. The first kappa shape index (κ1) is 17.6. The van der Waals surface area contributed by atoms with Crippen molar-refractivity contribution >= 4 is 40.9 Å². The van der Waals surface area contributed by atoms with Crippen molar-refractivity contribution in [3.8, 4) is 0 Å². The number of urea groups is 1. The Morgan fingerprint density at radius 3 is 2.29 bits per heavy atom. The predicted molar refractivity (Wildman–Crippen MR) is 84.5 cm³/mol. The van der Waals surface area contributed by atoms with Crippen molar-refractivity contribution in [2.45, 2.75) is 33.7 Å². The Kier molecular flexibility index (Phi) is 5.48. The van der Waals surface area contributed by atoms with Gasteiger partial charge in [0, 0.05) is 11.1 Å². The number of rotatable bonds is 3. The predicted octanol–water partition coefficient (Wildman–Crippen LogP) is 4.25. The van der Waals surface area contributed by atoms with Crippen LogP contribution in [0.4, 0.5) is 10.5 Å². The summed E-state index contributed by atoms with van der Waals surface area (Å²) >= 11 is 11.7. The van der Waals surface area contributed by atoms with E-state index < -0.39 is 12.0 Å². The fourth-order valence-corrected chi connectivity index (χ4v) is 1.97. The van der Waals surface area contributed by atoms with Crippen molar-refractivity contribution in [3.63, 3.8) is 0 Å². The summed E-state index contributed by atoms with van der Waals surface area (Å²) in [5, 5.41) is 14.6. The topological polar surface area (TPSA) is 78.4 Å². The highest BCUT2D eigenvalue weighted by Gasteiger charge is 2.23. The van der Waals surface area contributed by atoms with Crippen LogP contribution in [0.5, 0.6) is 0 Å². The lowest BCUT2D eigenvalue weighted by atomic mass is 9.88. The zero-order chi connectivity index (χ0) is 16.4. The van der Waals surface area contributed by atoms with Gasteiger partial charge in [-0.05, 0) is 24.5 Å². The van der Waals surface area contributed by atoms with Crippen molar-refractivity contribution in [2.75, 3.05) is 5.32 Å². The standard InChI is InChI=1S/C14H18Cl2N2O3/c1-7(14(2,3)4)17-13(21)18-11-9(12(19)20)5-8(15)6-10(11)16/h5-7H,1-4H3,(H,19,20)(H2,17,18,21). The summed E-state index contributed by atoms with van der Waals surface area (Å²) in [7, 11) is 0. The Balaban J connectivity index is 2.98. The molecule has 0 radical (unpaired) electrons. The zero-order valence-corrected chi connectivity index (χ0v) is 13.8. The average molecular weight is 333 g/mol. The van der Waals surface area contributed by atoms with Crippen LogP contribution in [0.3, 0.4) is 0 Å². The van der Waals surface area contributed by atoms with E-state index in [2.05, 4.69) is 10.6 Å². The molecular weight excluding hydrogens is 315 g/mol. The quantitative estimate of drug-likeness (QED) is 0.774. The fourth-order valence-electron chi connectivity index (χ4n) is 1.43. The number of amides is 2. The van der Waals surface area contributed by atoms with Gasteiger partial charge >= 0.3 is 12.0 Å². The molecule has 0 bridgehead atoms. The van der Waals surface area contributed by atoms with E-state index in [1.807, 2.05) is 27.7 Å². The normalized spacial score (nSPS) is 12.7. The summed E-state index contributed by atoms with van der Waals surface area (Å²) in [6.45, 7) is 7.81. The van der Waals surface area contributed by atoms with Gasteiger partial charge < -0.3 is 15.7 Å². The monoisotopic (exact) mass is 332 g/mol. The summed E-state index contributed by atoms with van der Waals surface area (Å²) in [6, 6.07) is 1.97. The highest BCUT2D eigenvalue weighted by atomic mass is 35.5. The Labute approximate surface area is 133 Å². The Bertz CT molecular complexity index is 568. The number of carbonyl (C=O) groups excluding carboxylic acids is 1. The molecule has 1 aromatic carbocycles. The smallest absolute Gasteiger partial charge is 0.337 e. The van der Waals surface area contributed by atoms with Crippen molar-refractivity contribution in [3.05, 3.63) is 27.7 Å². The van der Waals surface area contributed by atoms with Crippen LogP contribution in [0.25, 0.3) is 0 Å².